The van der Waals surface area contributed by atoms with Gasteiger partial charge in [0, 0.05) is 5.02 Å². The van der Waals surface area contributed by atoms with Gasteiger partial charge in [-0.05, 0) is 31.0 Å². The first-order valence-corrected chi connectivity index (χ1v) is 4.11. The molecule has 0 spiro atoms. The summed E-state index contributed by atoms with van der Waals surface area (Å²) < 4.78 is 0. The van der Waals surface area contributed by atoms with Crippen LogP contribution in [0, 0.1) is 13.8 Å². The molecule has 70 valence electrons. The van der Waals surface area contributed by atoms with Gasteiger partial charge in [-0.25, -0.2) is 0 Å². The maximum atomic E-state index is 10.9. The Morgan fingerprint density at radius 3 is 2.54 bits per heavy atom. The molecule has 0 saturated carbocycles. The summed E-state index contributed by atoms with van der Waals surface area (Å²) in [5.41, 5.74) is 6.41. The average Bonchev–Trinajstić information content (AvgIpc) is 1.99. The van der Waals surface area contributed by atoms with Crippen molar-refractivity contribution in [2.75, 3.05) is 0 Å². The van der Waals surface area contributed by atoms with Gasteiger partial charge in [-0.1, -0.05) is 11.6 Å². The Morgan fingerprint density at radius 2 is 2.08 bits per heavy atom. The third-order valence-electron chi connectivity index (χ3n) is 1.91. The summed E-state index contributed by atoms with van der Waals surface area (Å²) in [6.07, 6.45) is 0. The molecule has 1 aromatic carbocycles. The lowest BCUT2D eigenvalue weighted by Crippen LogP contribution is -2.13. The summed E-state index contributed by atoms with van der Waals surface area (Å²) in [6, 6.07) is 1.43. The molecule has 0 atom stereocenters. The summed E-state index contributed by atoms with van der Waals surface area (Å²) in [5.74, 6) is -0.788. The van der Waals surface area contributed by atoms with Crippen molar-refractivity contribution in [1.29, 1.82) is 0 Å². The van der Waals surface area contributed by atoms with Gasteiger partial charge >= 0.3 is 0 Å². The Labute approximate surface area is 81.1 Å². The molecule has 1 rings (SSSR count). The molecule has 0 saturated heterocycles. The molecule has 13 heavy (non-hydrogen) atoms. The summed E-state index contributed by atoms with van der Waals surface area (Å²) in [4.78, 5) is 10.9. The summed E-state index contributed by atoms with van der Waals surface area (Å²) in [7, 11) is 0. The molecule has 0 aliphatic carbocycles. The van der Waals surface area contributed by atoms with Crippen LogP contribution in [0.4, 0.5) is 0 Å². The number of carbonyl (C=O) groups is 1. The normalized spacial score (nSPS) is 10.1. The van der Waals surface area contributed by atoms with E-state index in [0.717, 1.165) is 5.56 Å². The minimum Gasteiger partial charge on any atom is -0.507 e. The number of rotatable bonds is 1. The smallest absolute Gasteiger partial charge is 0.252 e. The molecule has 0 fully saturated rings. The van der Waals surface area contributed by atoms with Crippen molar-refractivity contribution in [2.45, 2.75) is 13.8 Å². The van der Waals surface area contributed by atoms with Crippen molar-refractivity contribution in [1.82, 2.24) is 0 Å². The molecule has 3 N–H and O–H groups in total. The van der Waals surface area contributed by atoms with E-state index in [2.05, 4.69) is 0 Å². The minimum atomic E-state index is -0.670. The highest BCUT2D eigenvalue weighted by Crippen LogP contribution is 2.30. The summed E-state index contributed by atoms with van der Waals surface area (Å²) >= 11 is 5.88. The van der Waals surface area contributed by atoms with Gasteiger partial charge in [-0.2, -0.15) is 0 Å². The number of aryl methyl sites for hydroxylation is 1. The number of phenols is 1. The lowest BCUT2D eigenvalue weighted by Gasteiger charge is -2.08. The number of halogens is 1. The quantitative estimate of drug-likeness (QED) is 0.724. The first-order valence-electron chi connectivity index (χ1n) is 3.73. The zero-order valence-electron chi connectivity index (χ0n) is 7.39. The second-order valence-corrected chi connectivity index (χ2v) is 3.27. The van der Waals surface area contributed by atoms with Crippen LogP contribution < -0.4 is 5.73 Å². The number of benzene rings is 1. The number of hydrogen-bond acceptors (Lipinski definition) is 2. The third kappa shape index (κ3) is 1.60. The van der Waals surface area contributed by atoms with Gasteiger partial charge in [0.2, 0.25) is 0 Å². The van der Waals surface area contributed by atoms with Gasteiger partial charge in [0.1, 0.15) is 5.75 Å². The van der Waals surface area contributed by atoms with Crippen LogP contribution in [0.15, 0.2) is 6.07 Å². The largest absolute Gasteiger partial charge is 0.507 e. The van der Waals surface area contributed by atoms with E-state index < -0.39 is 5.91 Å². The maximum Gasteiger partial charge on any atom is 0.252 e. The van der Waals surface area contributed by atoms with Crippen molar-refractivity contribution < 1.29 is 9.90 Å². The molecule has 0 heterocycles. The van der Waals surface area contributed by atoms with Gasteiger partial charge < -0.3 is 10.8 Å². The lowest BCUT2D eigenvalue weighted by molar-refractivity contribution is 0.0997. The fourth-order valence-electron chi connectivity index (χ4n) is 1.25. The first-order chi connectivity index (χ1) is 5.95. The van der Waals surface area contributed by atoms with Gasteiger partial charge in [0.05, 0.1) is 5.56 Å². The van der Waals surface area contributed by atoms with Gasteiger partial charge in [0.25, 0.3) is 5.91 Å². The van der Waals surface area contributed by atoms with E-state index in [1.807, 2.05) is 0 Å². The number of hydrogen-bond donors (Lipinski definition) is 2. The third-order valence-corrected chi connectivity index (χ3v) is 2.49. The first kappa shape index (κ1) is 9.86. The molecule has 4 heteroatoms. The fraction of sp³-hybridized carbons (Fsp3) is 0.222. The van der Waals surface area contributed by atoms with Crippen LogP contribution in [0.2, 0.25) is 5.02 Å². The fourth-order valence-corrected chi connectivity index (χ4v) is 1.40. The maximum absolute atomic E-state index is 10.9. The number of aromatic hydroxyl groups is 1. The van der Waals surface area contributed by atoms with Crippen LogP contribution >= 0.6 is 11.6 Å². The lowest BCUT2D eigenvalue weighted by atomic mass is 10.0. The van der Waals surface area contributed by atoms with Crippen LogP contribution in [-0.2, 0) is 0 Å². The van der Waals surface area contributed by atoms with Crippen LogP contribution in [0.25, 0.3) is 0 Å². The Morgan fingerprint density at radius 1 is 1.54 bits per heavy atom. The minimum absolute atomic E-state index is 0.0931. The van der Waals surface area contributed by atoms with Gasteiger partial charge in [-0.3, -0.25) is 4.79 Å². The molecule has 0 aliphatic heterocycles. The van der Waals surface area contributed by atoms with Crippen molar-refractivity contribution in [3.63, 3.8) is 0 Å². The average molecular weight is 200 g/mol. The van der Waals surface area contributed by atoms with Crippen molar-refractivity contribution in [3.8, 4) is 5.75 Å². The molecule has 0 unspecified atom stereocenters. The zero-order valence-corrected chi connectivity index (χ0v) is 8.14. The van der Waals surface area contributed by atoms with Crippen molar-refractivity contribution in [2.24, 2.45) is 5.73 Å². The van der Waals surface area contributed by atoms with E-state index in [1.165, 1.54) is 6.07 Å². The predicted molar refractivity (Wildman–Crippen MR) is 51.1 cm³/mol. The van der Waals surface area contributed by atoms with E-state index in [4.69, 9.17) is 17.3 Å². The van der Waals surface area contributed by atoms with Crippen LogP contribution in [-0.4, -0.2) is 11.0 Å². The van der Waals surface area contributed by atoms with Crippen molar-refractivity contribution >= 4 is 17.5 Å². The van der Waals surface area contributed by atoms with Crippen molar-refractivity contribution in [3.05, 3.63) is 27.8 Å². The highest BCUT2D eigenvalue weighted by atomic mass is 35.5. The Kier molecular flexibility index (Phi) is 2.48. The SMILES string of the molecule is Cc1cc(O)c(C(N)=O)c(C)c1Cl. The number of amides is 1. The van der Waals surface area contributed by atoms with E-state index >= 15 is 0 Å². The molecule has 0 bridgehead atoms. The van der Waals surface area contributed by atoms with E-state index in [9.17, 15) is 9.90 Å². The standard InChI is InChI=1S/C9H10ClNO2/c1-4-3-6(12)7(9(11)13)5(2)8(4)10/h3,12H,1-2H3,(H2,11,13). The molecule has 1 aromatic rings. The molecule has 0 radical (unpaired) electrons. The number of primary amides is 1. The predicted octanol–water partition coefficient (Wildman–Crippen LogP) is 1.76. The number of nitrogens with two attached hydrogens (primary N) is 1. The second kappa shape index (κ2) is 3.26. The Hall–Kier alpha value is -1.22. The highest BCUT2D eigenvalue weighted by Gasteiger charge is 2.15. The van der Waals surface area contributed by atoms with Crippen LogP contribution in [0.5, 0.6) is 5.75 Å². The van der Waals surface area contributed by atoms with E-state index in [0.29, 0.717) is 10.6 Å². The highest BCUT2D eigenvalue weighted by molar-refractivity contribution is 6.32. The Balaban J connectivity index is 3.53. The van der Waals surface area contributed by atoms with E-state index in [1.54, 1.807) is 13.8 Å². The molecule has 0 aliphatic rings. The molecular formula is C9H10ClNO2. The molecule has 1 amide bonds. The molecule has 0 aromatic heterocycles. The van der Waals surface area contributed by atoms with Crippen LogP contribution in [0.3, 0.4) is 0 Å². The van der Waals surface area contributed by atoms with E-state index in [-0.39, 0.29) is 11.3 Å². The zero-order chi connectivity index (χ0) is 10.2. The monoisotopic (exact) mass is 199 g/mol. The topological polar surface area (TPSA) is 63.3 Å². The van der Waals surface area contributed by atoms with Gasteiger partial charge in [0.15, 0.2) is 0 Å². The second-order valence-electron chi connectivity index (χ2n) is 2.89. The Bertz CT molecular complexity index is 374. The van der Waals surface area contributed by atoms with Gasteiger partial charge in [-0.15, -0.1) is 0 Å². The van der Waals surface area contributed by atoms with Crippen LogP contribution in [0.1, 0.15) is 21.5 Å². The number of carbonyl (C=O) groups excluding carboxylic acids is 1. The summed E-state index contributed by atoms with van der Waals surface area (Å²) in [5, 5.41) is 9.87. The summed E-state index contributed by atoms with van der Waals surface area (Å²) in [6.45, 7) is 3.40. The molecule has 3 nitrogen and oxygen atoms in total. The molecular weight excluding hydrogens is 190 g/mol.